The summed E-state index contributed by atoms with van der Waals surface area (Å²) in [5.74, 6) is 0.136. The molecule has 3 N–H and O–H groups in total. The van der Waals surface area contributed by atoms with Crippen molar-refractivity contribution in [2.45, 2.75) is 25.8 Å². The van der Waals surface area contributed by atoms with Gasteiger partial charge in [-0.1, -0.05) is 31.2 Å². The second-order valence-corrected chi connectivity index (χ2v) is 6.96. The Labute approximate surface area is 169 Å². The Balaban J connectivity index is 1.75. The molecule has 1 atom stereocenters. The Kier molecular flexibility index (Phi) is 5.51. The third kappa shape index (κ3) is 3.77. The summed E-state index contributed by atoms with van der Waals surface area (Å²) in [5, 5.41) is 6.75. The van der Waals surface area contributed by atoms with Crippen LogP contribution in [0.2, 0.25) is 0 Å². The summed E-state index contributed by atoms with van der Waals surface area (Å²) in [4.78, 5) is 25.4. The first-order valence-corrected chi connectivity index (χ1v) is 9.26. The number of carbonyl (C=O) groups excluding carboxylic acids is 2. The van der Waals surface area contributed by atoms with Crippen LogP contribution in [0, 0.1) is 0 Å². The van der Waals surface area contributed by atoms with Gasteiger partial charge in [-0.3, -0.25) is 10.2 Å². The van der Waals surface area contributed by atoms with E-state index in [2.05, 4.69) is 23.0 Å². The quantitative estimate of drug-likeness (QED) is 0.531. The molecule has 0 unspecified atom stereocenters. The Hall–Kier alpha value is -3.13. The van der Waals surface area contributed by atoms with Gasteiger partial charge in [-0.25, -0.2) is 4.79 Å². The molecule has 7 nitrogen and oxygen atoms in total. The fraction of sp³-hybridized carbons (Fsp3) is 0.250. The molecule has 146 valence electrons. The molecule has 0 spiro atoms. The smallest absolute Gasteiger partial charge is 0.344 e. The molecule has 0 aromatic heterocycles. The Morgan fingerprint density at radius 1 is 1.21 bits per heavy atom. The maximum Gasteiger partial charge on any atom is 0.344 e. The van der Waals surface area contributed by atoms with Crippen molar-refractivity contribution in [3.05, 3.63) is 59.7 Å². The molecule has 1 fully saturated rings. The largest absolute Gasteiger partial charge is 0.497 e. The van der Waals surface area contributed by atoms with E-state index in [-0.39, 0.29) is 5.11 Å². The van der Waals surface area contributed by atoms with Crippen LogP contribution in [0.25, 0.3) is 0 Å². The Morgan fingerprint density at radius 2 is 1.96 bits per heavy atom. The van der Waals surface area contributed by atoms with Crippen molar-refractivity contribution in [3.63, 3.8) is 0 Å². The molecule has 3 amide bonds. The van der Waals surface area contributed by atoms with Gasteiger partial charge >= 0.3 is 6.03 Å². The molecular formula is C20H22N4O3S. The summed E-state index contributed by atoms with van der Waals surface area (Å²) < 4.78 is 5.21. The van der Waals surface area contributed by atoms with Crippen molar-refractivity contribution >= 4 is 35.0 Å². The van der Waals surface area contributed by atoms with Crippen LogP contribution in [-0.2, 0) is 16.8 Å². The first kappa shape index (κ1) is 19.6. The molecule has 0 saturated carbocycles. The van der Waals surface area contributed by atoms with E-state index in [0.717, 1.165) is 22.7 Å². The summed E-state index contributed by atoms with van der Waals surface area (Å²) in [6.45, 7) is 3.70. The maximum atomic E-state index is 13.0. The number of imide groups is 1. The van der Waals surface area contributed by atoms with Gasteiger partial charge in [0.05, 0.1) is 7.11 Å². The number of hydrogen-bond donors (Lipinski definition) is 3. The lowest BCUT2D eigenvalue weighted by Crippen LogP contribution is -2.49. The molecule has 0 aliphatic carbocycles. The fourth-order valence-corrected chi connectivity index (χ4v) is 3.21. The summed E-state index contributed by atoms with van der Waals surface area (Å²) in [5.41, 5.74) is 3.99. The number of nitrogens with one attached hydrogen (secondary N) is 3. The van der Waals surface area contributed by atoms with Gasteiger partial charge in [0, 0.05) is 5.69 Å². The molecule has 28 heavy (non-hydrogen) atoms. The first-order chi connectivity index (χ1) is 13.4. The molecule has 0 bridgehead atoms. The molecule has 1 heterocycles. The number of benzene rings is 2. The van der Waals surface area contributed by atoms with Gasteiger partial charge in [0.25, 0.3) is 5.91 Å². The number of thiocarbonyl (C=S) groups is 1. The monoisotopic (exact) mass is 398 g/mol. The number of rotatable bonds is 5. The van der Waals surface area contributed by atoms with Crippen LogP contribution in [0.4, 0.5) is 10.5 Å². The number of nitrogens with zero attached hydrogens (tertiary/aromatic N) is 1. The second-order valence-electron chi connectivity index (χ2n) is 6.55. The highest BCUT2D eigenvalue weighted by molar-refractivity contribution is 7.80. The number of urea groups is 1. The van der Waals surface area contributed by atoms with E-state index in [1.165, 1.54) is 0 Å². The van der Waals surface area contributed by atoms with Crippen molar-refractivity contribution < 1.29 is 14.3 Å². The summed E-state index contributed by atoms with van der Waals surface area (Å²) in [6.07, 6.45) is 0.890. The van der Waals surface area contributed by atoms with Gasteiger partial charge in [0.15, 0.2) is 5.11 Å². The lowest BCUT2D eigenvalue weighted by molar-refractivity contribution is -0.132. The number of carbonyl (C=O) groups is 2. The van der Waals surface area contributed by atoms with Gasteiger partial charge in [-0.15, -0.1) is 0 Å². The molecule has 3 rings (SSSR count). The second kappa shape index (κ2) is 7.85. The van der Waals surface area contributed by atoms with Crippen LogP contribution in [0.5, 0.6) is 5.75 Å². The number of methoxy groups -OCH3 is 1. The highest BCUT2D eigenvalue weighted by Gasteiger charge is 2.50. The fourth-order valence-electron chi connectivity index (χ4n) is 3.00. The van der Waals surface area contributed by atoms with Crippen LogP contribution < -0.4 is 20.8 Å². The highest BCUT2D eigenvalue weighted by atomic mass is 32.1. The minimum absolute atomic E-state index is 0.145. The van der Waals surface area contributed by atoms with Crippen molar-refractivity contribution in [1.29, 1.82) is 0 Å². The van der Waals surface area contributed by atoms with Crippen LogP contribution in [-0.4, -0.2) is 29.2 Å². The van der Waals surface area contributed by atoms with Gasteiger partial charge in [-0.2, -0.15) is 5.01 Å². The predicted octanol–water partition coefficient (Wildman–Crippen LogP) is 2.93. The average molecular weight is 398 g/mol. The van der Waals surface area contributed by atoms with Gasteiger partial charge in [0.2, 0.25) is 0 Å². The lowest BCUT2D eigenvalue weighted by atomic mass is 9.92. The van der Waals surface area contributed by atoms with E-state index >= 15 is 0 Å². The van der Waals surface area contributed by atoms with Gasteiger partial charge in [-0.05, 0) is 61.0 Å². The van der Waals surface area contributed by atoms with E-state index in [4.69, 9.17) is 17.0 Å². The van der Waals surface area contributed by atoms with Crippen molar-refractivity contribution in [3.8, 4) is 5.75 Å². The van der Waals surface area contributed by atoms with Gasteiger partial charge in [0.1, 0.15) is 11.3 Å². The van der Waals surface area contributed by atoms with Crippen molar-refractivity contribution in [1.82, 2.24) is 15.8 Å². The molecule has 1 aliphatic rings. The summed E-state index contributed by atoms with van der Waals surface area (Å²) >= 11 is 5.27. The third-order valence-corrected chi connectivity index (χ3v) is 4.84. The van der Waals surface area contributed by atoms with Crippen molar-refractivity contribution in [2.24, 2.45) is 0 Å². The number of hydrogen-bond acceptors (Lipinski definition) is 4. The number of ether oxygens (including phenoxy) is 1. The van der Waals surface area contributed by atoms with Crippen LogP contribution >= 0.6 is 12.2 Å². The van der Waals surface area contributed by atoms with E-state index in [9.17, 15) is 9.59 Å². The number of hydrazine groups is 1. The molecule has 0 radical (unpaired) electrons. The zero-order valence-corrected chi connectivity index (χ0v) is 16.7. The van der Waals surface area contributed by atoms with E-state index < -0.39 is 17.5 Å². The van der Waals surface area contributed by atoms with E-state index in [1.807, 2.05) is 24.3 Å². The maximum absolute atomic E-state index is 13.0. The Bertz CT molecular complexity index is 933. The van der Waals surface area contributed by atoms with E-state index in [0.29, 0.717) is 11.3 Å². The molecule has 2 aromatic carbocycles. The topological polar surface area (TPSA) is 82.7 Å². The zero-order valence-electron chi connectivity index (χ0n) is 15.9. The normalized spacial score (nSPS) is 18.6. The standard InChI is InChI=1S/C20H22N4O3S/c1-4-13-7-5-9-15(11-13)21-18(28)23-24-17(25)20(2,22-19(24)26)14-8-6-10-16(12-14)27-3/h5-12H,4H2,1-3H3,(H,22,26)(H2,21,23,28)/t20-/m0/s1. The third-order valence-electron chi connectivity index (χ3n) is 4.64. The van der Waals surface area contributed by atoms with Crippen LogP contribution in [0.3, 0.4) is 0 Å². The Morgan fingerprint density at radius 3 is 2.68 bits per heavy atom. The van der Waals surface area contributed by atoms with Crippen LogP contribution in [0.1, 0.15) is 25.0 Å². The number of aryl methyl sites for hydroxylation is 1. The molecule has 2 aromatic rings. The molecular weight excluding hydrogens is 376 g/mol. The molecule has 1 saturated heterocycles. The minimum Gasteiger partial charge on any atom is -0.497 e. The summed E-state index contributed by atoms with van der Waals surface area (Å²) in [6, 6.07) is 14.2. The SMILES string of the molecule is CCc1cccc(NC(=S)NN2C(=O)N[C@@](C)(c3cccc(OC)c3)C2=O)c1. The number of amides is 3. The predicted molar refractivity (Wildman–Crippen MR) is 111 cm³/mol. The van der Waals surface area contributed by atoms with Crippen LogP contribution in [0.15, 0.2) is 48.5 Å². The zero-order chi connectivity index (χ0) is 20.3. The number of anilines is 1. The minimum atomic E-state index is -1.23. The average Bonchev–Trinajstić information content (AvgIpc) is 2.92. The molecule has 1 aliphatic heterocycles. The van der Waals surface area contributed by atoms with E-state index in [1.54, 1.807) is 38.3 Å². The lowest BCUT2D eigenvalue weighted by Gasteiger charge is -2.23. The highest BCUT2D eigenvalue weighted by Crippen LogP contribution is 2.30. The van der Waals surface area contributed by atoms with Gasteiger partial charge < -0.3 is 15.4 Å². The first-order valence-electron chi connectivity index (χ1n) is 8.85. The summed E-state index contributed by atoms with van der Waals surface area (Å²) in [7, 11) is 1.54. The molecule has 8 heteroatoms. The van der Waals surface area contributed by atoms with Crippen molar-refractivity contribution in [2.75, 3.05) is 12.4 Å².